The van der Waals surface area contributed by atoms with Crippen molar-refractivity contribution in [3.63, 3.8) is 0 Å². The summed E-state index contributed by atoms with van der Waals surface area (Å²) in [6, 6.07) is 0.162. The molecule has 2 atom stereocenters. The lowest BCUT2D eigenvalue weighted by atomic mass is 10.1. The topological polar surface area (TPSA) is 53.6 Å². The van der Waals surface area contributed by atoms with Gasteiger partial charge in [-0.2, -0.15) is 0 Å². The summed E-state index contributed by atoms with van der Waals surface area (Å²) >= 11 is 0. The SMILES string of the molecule is CCN1C(=O)N(CN2CCCCC2)[C@H]2[C@@H]1N(CN1CCCCC1)C(=O)N2CC. The van der Waals surface area contributed by atoms with Gasteiger partial charge in [0.1, 0.15) is 0 Å². The molecule has 0 aliphatic carbocycles. The van der Waals surface area contributed by atoms with Crippen LogP contribution < -0.4 is 0 Å². The number of rotatable bonds is 6. The summed E-state index contributed by atoms with van der Waals surface area (Å²) in [7, 11) is 0. The van der Waals surface area contributed by atoms with Gasteiger partial charge < -0.3 is 9.80 Å². The highest BCUT2D eigenvalue weighted by atomic mass is 16.2. The van der Waals surface area contributed by atoms with Gasteiger partial charge in [0.2, 0.25) is 0 Å². The molecule has 0 aromatic carbocycles. The Hall–Kier alpha value is -1.54. The fraction of sp³-hybridized carbons (Fsp3) is 0.900. The Morgan fingerprint density at radius 1 is 0.607 bits per heavy atom. The quantitative estimate of drug-likeness (QED) is 0.694. The van der Waals surface area contributed by atoms with Crippen molar-refractivity contribution in [3.8, 4) is 0 Å². The van der Waals surface area contributed by atoms with E-state index in [2.05, 4.69) is 9.80 Å². The fourth-order valence-electron chi connectivity index (χ4n) is 5.33. The number of carbonyl (C=O) groups is 2. The molecule has 4 heterocycles. The normalized spacial score (nSPS) is 29.9. The molecule has 0 aromatic heterocycles. The highest BCUT2D eigenvalue weighted by molar-refractivity contribution is 5.85. The van der Waals surface area contributed by atoms with Gasteiger partial charge in [-0.05, 0) is 65.7 Å². The highest BCUT2D eigenvalue weighted by Gasteiger charge is 2.58. The Kier molecular flexibility index (Phi) is 5.96. The number of amides is 4. The average Bonchev–Trinajstić information content (AvgIpc) is 3.14. The Bertz CT molecular complexity index is 525. The van der Waals surface area contributed by atoms with Crippen molar-refractivity contribution in [3.05, 3.63) is 0 Å². The largest absolute Gasteiger partial charge is 0.324 e. The maximum Gasteiger partial charge on any atom is 0.324 e. The minimum absolute atomic E-state index is 0.0812. The van der Waals surface area contributed by atoms with E-state index in [1.54, 1.807) is 0 Å². The Morgan fingerprint density at radius 2 is 0.964 bits per heavy atom. The van der Waals surface area contributed by atoms with Crippen LogP contribution in [0.4, 0.5) is 9.59 Å². The maximum atomic E-state index is 13.3. The van der Waals surface area contributed by atoms with Gasteiger partial charge in [0.15, 0.2) is 12.3 Å². The van der Waals surface area contributed by atoms with Crippen molar-refractivity contribution in [1.82, 2.24) is 29.4 Å². The van der Waals surface area contributed by atoms with E-state index in [1.165, 1.54) is 38.5 Å². The van der Waals surface area contributed by atoms with Gasteiger partial charge >= 0.3 is 12.1 Å². The number of hydrogen-bond acceptors (Lipinski definition) is 4. The van der Waals surface area contributed by atoms with Crippen LogP contribution in [0.15, 0.2) is 0 Å². The number of fused-ring (bicyclic) bond motifs is 1. The molecule has 4 aliphatic heterocycles. The van der Waals surface area contributed by atoms with E-state index in [9.17, 15) is 9.59 Å². The van der Waals surface area contributed by atoms with E-state index in [-0.39, 0.29) is 24.4 Å². The van der Waals surface area contributed by atoms with Crippen LogP contribution in [-0.4, -0.2) is 106 Å². The van der Waals surface area contributed by atoms with Crippen molar-refractivity contribution in [1.29, 1.82) is 0 Å². The van der Waals surface area contributed by atoms with Crippen LogP contribution in [0.3, 0.4) is 0 Å². The molecule has 4 aliphatic rings. The van der Waals surface area contributed by atoms with Crippen LogP contribution in [0.25, 0.3) is 0 Å². The Labute approximate surface area is 169 Å². The Balaban J connectivity index is 1.56. The first-order valence-corrected chi connectivity index (χ1v) is 11.2. The molecule has 0 unspecified atom stereocenters. The van der Waals surface area contributed by atoms with Crippen LogP contribution in [0.1, 0.15) is 52.4 Å². The van der Waals surface area contributed by atoms with Gasteiger partial charge in [0.05, 0.1) is 13.3 Å². The van der Waals surface area contributed by atoms with E-state index in [4.69, 9.17) is 0 Å². The molecule has 4 saturated heterocycles. The summed E-state index contributed by atoms with van der Waals surface area (Å²) in [4.78, 5) is 39.0. The number of urea groups is 2. The molecule has 4 rings (SSSR count). The van der Waals surface area contributed by atoms with Crippen LogP contribution in [0.2, 0.25) is 0 Å². The first-order chi connectivity index (χ1) is 13.7. The maximum absolute atomic E-state index is 13.3. The standard InChI is InChI=1S/C20H36N6O2/c1-3-23-17-18(26(19(23)27)16-22-13-9-6-10-14-22)24(4-2)20(28)25(17)15-21-11-7-5-8-12-21/h17-18H,3-16H2,1-2H3/t17-,18-/m0/s1. The van der Waals surface area contributed by atoms with Crippen molar-refractivity contribution < 1.29 is 9.59 Å². The first-order valence-electron chi connectivity index (χ1n) is 11.2. The Morgan fingerprint density at radius 3 is 1.29 bits per heavy atom. The second-order valence-corrected chi connectivity index (χ2v) is 8.54. The third kappa shape index (κ3) is 3.45. The van der Waals surface area contributed by atoms with Crippen LogP contribution >= 0.6 is 0 Å². The summed E-state index contributed by atoms with van der Waals surface area (Å²) in [5, 5.41) is 0. The zero-order valence-electron chi connectivity index (χ0n) is 17.6. The monoisotopic (exact) mass is 392 g/mol. The number of likely N-dealkylation sites (N-methyl/N-ethyl adjacent to an activating group) is 2. The minimum Gasteiger partial charge on any atom is -0.300 e. The van der Waals surface area contributed by atoms with Gasteiger partial charge in [-0.25, -0.2) is 9.59 Å². The number of likely N-dealkylation sites (tertiary alicyclic amines) is 2. The summed E-state index contributed by atoms with van der Waals surface area (Å²) in [5.74, 6) is 0. The number of nitrogens with zero attached hydrogens (tertiary/aromatic N) is 6. The number of hydrogen-bond donors (Lipinski definition) is 0. The third-order valence-corrected chi connectivity index (χ3v) is 6.81. The lowest BCUT2D eigenvalue weighted by Crippen LogP contribution is -2.51. The first kappa shape index (κ1) is 19.8. The third-order valence-electron chi connectivity index (χ3n) is 6.81. The molecular formula is C20H36N6O2. The summed E-state index contributed by atoms with van der Waals surface area (Å²) in [6.45, 7) is 10.8. The van der Waals surface area contributed by atoms with Crippen LogP contribution in [0.5, 0.6) is 0 Å². The van der Waals surface area contributed by atoms with Gasteiger partial charge in [0, 0.05) is 13.1 Å². The van der Waals surface area contributed by atoms with Crippen LogP contribution in [-0.2, 0) is 0 Å². The van der Waals surface area contributed by atoms with Crippen molar-refractivity contribution in [2.75, 3.05) is 52.6 Å². The average molecular weight is 393 g/mol. The molecule has 0 saturated carbocycles. The van der Waals surface area contributed by atoms with Crippen molar-refractivity contribution >= 4 is 12.1 Å². The predicted molar refractivity (Wildman–Crippen MR) is 107 cm³/mol. The zero-order valence-corrected chi connectivity index (χ0v) is 17.6. The van der Waals surface area contributed by atoms with E-state index >= 15 is 0 Å². The van der Waals surface area contributed by atoms with E-state index in [0.717, 1.165) is 26.2 Å². The summed E-state index contributed by atoms with van der Waals surface area (Å²) in [5.41, 5.74) is 0. The molecule has 0 radical (unpaired) electrons. The van der Waals surface area contributed by atoms with Gasteiger partial charge in [0.25, 0.3) is 0 Å². The second-order valence-electron chi connectivity index (χ2n) is 8.54. The van der Waals surface area contributed by atoms with Gasteiger partial charge in [-0.3, -0.25) is 19.6 Å². The molecule has 158 valence electrons. The smallest absolute Gasteiger partial charge is 0.300 e. The zero-order chi connectivity index (χ0) is 19.7. The molecule has 4 amide bonds. The second kappa shape index (κ2) is 8.45. The summed E-state index contributed by atoms with van der Waals surface area (Å²) in [6.07, 6.45) is 7.02. The molecule has 8 heteroatoms. The minimum atomic E-state index is -0.170. The molecule has 4 fully saturated rings. The lowest BCUT2D eigenvalue weighted by Gasteiger charge is -2.35. The van der Waals surface area contributed by atoms with E-state index < -0.39 is 0 Å². The summed E-state index contributed by atoms with van der Waals surface area (Å²) < 4.78 is 0. The van der Waals surface area contributed by atoms with Gasteiger partial charge in [-0.15, -0.1) is 0 Å². The molecule has 28 heavy (non-hydrogen) atoms. The molecule has 0 N–H and O–H groups in total. The highest BCUT2D eigenvalue weighted by Crippen LogP contribution is 2.35. The van der Waals surface area contributed by atoms with Crippen LogP contribution in [0, 0.1) is 0 Å². The number of piperidine rings is 2. The molecular weight excluding hydrogens is 356 g/mol. The predicted octanol–water partition coefficient (Wildman–Crippen LogP) is 2.04. The van der Waals surface area contributed by atoms with Gasteiger partial charge in [-0.1, -0.05) is 12.8 Å². The molecule has 0 spiro atoms. The fourth-order valence-corrected chi connectivity index (χ4v) is 5.33. The lowest BCUT2D eigenvalue weighted by molar-refractivity contribution is 0.0610. The molecule has 0 bridgehead atoms. The van der Waals surface area contributed by atoms with E-state index in [1.807, 2.05) is 33.4 Å². The van der Waals surface area contributed by atoms with E-state index in [0.29, 0.717) is 26.4 Å². The molecule has 8 nitrogen and oxygen atoms in total. The molecule has 0 aromatic rings. The van der Waals surface area contributed by atoms with Crippen molar-refractivity contribution in [2.45, 2.75) is 64.7 Å². The number of carbonyl (C=O) groups excluding carboxylic acids is 2. The van der Waals surface area contributed by atoms with Crippen molar-refractivity contribution in [2.24, 2.45) is 0 Å².